The number of amides is 1. The first-order chi connectivity index (χ1) is 16.4. The Kier molecular flexibility index (Phi) is 6.95. The fourth-order valence-electron chi connectivity index (χ4n) is 3.74. The summed E-state index contributed by atoms with van der Waals surface area (Å²) in [4.78, 5) is 39.2. The third-order valence-corrected chi connectivity index (χ3v) is 5.64. The summed E-state index contributed by atoms with van der Waals surface area (Å²) in [6, 6.07) is 13.1. The van der Waals surface area contributed by atoms with Crippen LogP contribution < -0.4 is 11.1 Å². The number of esters is 1. The van der Waals surface area contributed by atoms with Crippen LogP contribution in [-0.2, 0) is 16.1 Å². The zero-order valence-corrected chi connectivity index (χ0v) is 18.7. The second-order valence-corrected chi connectivity index (χ2v) is 8.05. The zero-order chi connectivity index (χ0) is 24.1. The van der Waals surface area contributed by atoms with Crippen LogP contribution in [-0.4, -0.2) is 44.8 Å². The van der Waals surface area contributed by atoms with Gasteiger partial charge in [0.2, 0.25) is 11.9 Å². The van der Waals surface area contributed by atoms with Crippen molar-refractivity contribution in [1.29, 1.82) is 0 Å². The standard InChI is InChI=1S/C24H25FN6O3/c1-15-4-2-3-5-19(15)27-24-29-20(28-23(26)30-24)14-34-22(33)17-10-12-31(13-11-17)21(32)16-6-8-18(25)9-7-16/h2-9,17H,10-14H2,1H3,(H3,26,27,28,29,30). The topological polar surface area (TPSA) is 123 Å². The number of benzene rings is 2. The minimum atomic E-state index is -0.393. The number of nitrogens with zero attached hydrogens (tertiary/aromatic N) is 4. The van der Waals surface area contributed by atoms with Crippen LogP contribution >= 0.6 is 0 Å². The van der Waals surface area contributed by atoms with Crippen LogP contribution in [0.1, 0.15) is 34.6 Å². The quantitative estimate of drug-likeness (QED) is 0.533. The molecular weight excluding hydrogens is 439 g/mol. The number of nitrogens with one attached hydrogen (secondary N) is 1. The second-order valence-electron chi connectivity index (χ2n) is 8.05. The first-order valence-corrected chi connectivity index (χ1v) is 10.9. The molecule has 2 heterocycles. The van der Waals surface area contributed by atoms with Crippen molar-refractivity contribution < 1.29 is 18.7 Å². The summed E-state index contributed by atoms with van der Waals surface area (Å²) in [5.74, 6) is -0.759. The van der Waals surface area contributed by atoms with Gasteiger partial charge in [-0.3, -0.25) is 9.59 Å². The molecule has 34 heavy (non-hydrogen) atoms. The van der Waals surface area contributed by atoms with E-state index in [4.69, 9.17) is 10.5 Å². The molecule has 0 spiro atoms. The molecule has 9 nitrogen and oxygen atoms in total. The van der Waals surface area contributed by atoms with E-state index in [2.05, 4.69) is 20.3 Å². The number of hydrogen-bond donors (Lipinski definition) is 2. The lowest BCUT2D eigenvalue weighted by molar-refractivity contribution is -0.151. The number of rotatable bonds is 6. The normalized spacial score (nSPS) is 14.0. The molecule has 4 rings (SSSR count). The SMILES string of the molecule is Cc1ccccc1Nc1nc(N)nc(COC(=O)C2CCN(C(=O)c3ccc(F)cc3)CC2)n1. The van der Waals surface area contributed by atoms with Gasteiger partial charge in [-0.2, -0.15) is 15.0 Å². The van der Waals surface area contributed by atoms with Crippen LogP contribution in [0.25, 0.3) is 0 Å². The summed E-state index contributed by atoms with van der Waals surface area (Å²) in [6.07, 6.45) is 0.955. The van der Waals surface area contributed by atoms with E-state index in [-0.39, 0.29) is 42.1 Å². The van der Waals surface area contributed by atoms with E-state index in [9.17, 15) is 14.0 Å². The van der Waals surface area contributed by atoms with E-state index >= 15 is 0 Å². The van der Waals surface area contributed by atoms with Crippen molar-refractivity contribution in [1.82, 2.24) is 19.9 Å². The number of likely N-dealkylation sites (tertiary alicyclic amines) is 1. The highest BCUT2D eigenvalue weighted by atomic mass is 19.1. The number of nitrogens with two attached hydrogens (primary N) is 1. The smallest absolute Gasteiger partial charge is 0.309 e. The zero-order valence-electron chi connectivity index (χ0n) is 18.7. The van der Waals surface area contributed by atoms with Crippen LogP contribution in [0.2, 0.25) is 0 Å². The second kappa shape index (κ2) is 10.2. The molecule has 1 saturated heterocycles. The average molecular weight is 465 g/mol. The molecule has 1 fully saturated rings. The minimum Gasteiger partial charge on any atom is -0.457 e. The van der Waals surface area contributed by atoms with Crippen molar-refractivity contribution in [3.05, 3.63) is 71.3 Å². The Morgan fingerprint density at radius 2 is 1.79 bits per heavy atom. The van der Waals surface area contributed by atoms with Crippen LogP contribution in [0.5, 0.6) is 0 Å². The molecule has 0 unspecified atom stereocenters. The summed E-state index contributed by atoms with van der Waals surface area (Å²) < 4.78 is 18.5. The number of ether oxygens (including phenoxy) is 1. The molecule has 0 saturated carbocycles. The molecule has 1 aliphatic heterocycles. The summed E-state index contributed by atoms with van der Waals surface area (Å²) in [7, 11) is 0. The Morgan fingerprint density at radius 3 is 2.50 bits per heavy atom. The molecule has 1 amide bonds. The largest absolute Gasteiger partial charge is 0.457 e. The van der Waals surface area contributed by atoms with Gasteiger partial charge in [-0.15, -0.1) is 0 Å². The molecule has 1 aromatic heterocycles. The van der Waals surface area contributed by atoms with Crippen molar-refractivity contribution in [2.75, 3.05) is 24.1 Å². The van der Waals surface area contributed by atoms with Gasteiger partial charge in [0, 0.05) is 24.3 Å². The molecule has 0 atom stereocenters. The fraction of sp³-hybridized carbons (Fsp3) is 0.292. The van der Waals surface area contributed by atoms with Crippen LogP contribution in [0.15, 0.2) is 48.5 Å². The van der Waals surface area contributed by atoms with E-state index in [1.165, 1.54) is 24.3 Å². The number of piperidine rings is 1. The summed E-state index contributed by atoms with van der Waals surface area (Å²) >= 11 is 0. The van der Waals surface area contributed by atoms with Gasteiger partial charge in [0.15, 0.2) is 12.4 Å². The van der Waals surface area contributed by atoms with Gasteiger partial charge in [-0.05, 0) is 55.7 Å². The molecule has 0 radical (unpaired) electrons. The summed E-state index contributed by atoms with van der Waals surface area (Å²) in [5, 5.41) is 3.10. The van der Waals surface area contributed by atoms with E-state index in [1.807, 2.05) is 31.2 Å². The number of carbonyl (C=O) groups is 2. The van der Waals surface area contributed by atoms with Gasteiger partial charge in [-0.1, -0.05) is 18.2 Å². The fourth-order valence-corrected chi connectivity index (χ4v) is 3.74. The number of carbonyl (C=O) groups excluding carboxylic acids is 2. The number of aromatic nitrogens is 3. The van der Waals surface area contributed by atoms with E-state index < -0.39 is 5.82 Å². The predicted octanol–water partition coefficient (Wildman–Crippen LogP) is 3.24. The van der Waals surface area contributed by atoms with Gasteiger partial charge in [0.1, 0.15) is 5.82 Å². The lowest BCUT2D eigenvalue weighted by Gasteiger charge is -2.31. The van der Waals surface area contributed by atoms with Crippen molar-refractivity contribution >= 4 is 29.5 Å². The average Bonchev–Trinajstić information content (AvgIpc) is 2.84. The molecule has 10 heteroatoms. The van der Waals surface area contributed by atoms with Gasteiger partial charge in [0.05, 0.1) is 5.92 Å². The summed E-state index contributed by atoms with van der Waals surface area (Å²) in [5.41, 5.74) is 8.06. The van der Waals surface area contributed by atoms with Crippen molar-refractivity contribution in [3.8, 4) is 0 Å². The molecule has 3 N–H and O–H groups in total. The summed E-state index contributed by atoms with van der Waals surface area (Å²) in [6.45, 7) is 2.65. The van der Waals surface area contributed by atoms with Crippen molar-refractivity contribution in [3.63, 3.8) is 0 Å². The lowest BCUT2D eigenvalue weighted by Crippen LogP contribution is -2.40. The molecule has 0 aliphatic carbocycles. The number of nitrogen functional groups attached to an aromatic ring is 1. The van der Waals surface area contributed by atoms with Gasteiger partial charge >= 0.3 is 5.97 Å². The number of hydrogen-bond acceptors (Lipinski definition) is 8. The molecule has 1 aliphatic rings. The monoisotopic (exact) mass is 464 g/mol. The van der Waals surface area contributed by atoms with Gasteiger partial charge < -0.3 is 20.7 Å². The first kappa shape index (κ1) is 23.1. The van der Waals surface area contributed by atoms with Crippen molar-refractivity contribution in [2.45, 2.75) is 26.4 Å². The molecule has 176 valence electrons. The highest BCUT2D eigenvalue weighted by Gasteiger charge is 2.29. The Morgan fingerprint density at radius 1 is 1.09 bits per heavy atom. The minimum absolute atomic E-state index is 0.0183. The van der Waals surface area contributed by atoms with E-state index in [1.54, 1.807) is 4.90 Å². The predicted molar refractivity (Wildman–Crippen MR) is 124 cm³/mol. The number of halogens is 1. The van der Waals surface area contributed by atoms with Gasteiger partial charge in [0.25, 0.3) is 5.91 Å². The number of anilines is 3. The van der Waals surface area contributed by atoms with Crippen LogP contribution in [0, 0.1) is 18.7 Å². The molecule has 0 bridgehead atoms. The Labute approximate surface area is 196 Å². The highest BCUT2D eigenvalue weighted by Crippen LogP contribution is 2.22. The highest BCUT2D eigenvalue weighted by molar-refractivity contribution is 5.94. The van der Waals surface area contributed by atoms with Crippen LogP contribution in [0.4, 0.5) is 22.0 Å². The van der Waals surface area contributed by atoms with E-state index in [0.717, 1.165) is 11.3 Å². The van der Waals surface area contributed by atoms with E-state index in [0.29, 0.717) is 31.5 Å². The number of para-hydroxylation sites is 1. The maximum Gasteiger partial charge on any atom is 0.309 e. The first-order valence-electron chi connectivity index (χ1n) is 10.9. The Hall–Kier alpha value is -4.08. The maximum absolute atomic E-state index is 13.1. The molecule has 2 aromatic carbocycles. The Bertz CT molecular complexity index is 1180. The van der Waals surface area contributed by atoms with Crippen molar-refractivity contribution in [2.24, 2.45) is 5.92 Å². The molecular formula is C24H25FN6O3. The van der Waals surface area contributed by atoms with Crippen LogP contribution in [0.3, 0.4) is 0 Å². The third-order valence-electron chi connectivity index (χ3n) is 5.64. The number of aryl methyl sites for hydroxylation is 1. The van der Waals surface area contributed by atoms with Gasteiger partial charge in [-0.25, -0.2) is 4.39 Å². The maximum atomic E-state index is 13.1. The third kappa shape index (κ3) is 5.64. The molecule has 3 aromatic rings. The Balaban J connectivity index is 1.30. The lowest BCUT2D eigenvalue weighted by atomic mass is 9.96.